The van der Waals surface area contributed by atoms with Gasteiger partial charge in [-0.1, -0.05) is 5.16 Å². The molecule has 0 saturated carbocycles. The monoisotopic (exact) mass is 291 g/mol. The van der Waals surface area contributed by atoms with Crippen LogP contribution in [0.1, 0.15) is 5.89 Å². The van der Waals surface area contributed by atoms with Crippen molar-refractivity contribution in [3.05, 3.63) is 54.1 Å². The van der Waals surface area contributed by atoms with E-state index in [1.165, 1.54) is 12.3 Å². The third kappa shape index (κ3) is 2.76. The fourth-order valence-electron chi connectivity index (χ4n) is 1.84. The first kappa shape index (κ1) is 13.3. The van der Waals surface area contributed by atoms with Gasteiger partial charge in [0.1, 0.15) is 0 Å². The Balaban J connectivity index is 1.75. The van der Waals surface area contributed by atoms with Gasteiger partial charge in [0.15, 0.2) is 17.4 Å². The van der Waals surface area contributed by atoms with Crippen LogP contribution in [0.2, 0.25) is 0 Å². The number of furan rings is 1. The van der Waals surface area contributed by atoms with Crippen LogP contribution >= 0.6 is 0 Å². The van der Waals surface area contributed by atoms with E-state index in [9.17, 15) is 8.78 Å². The lowest BCUT2D eigenvalue weighted by atomic mass is 10.3. The second-order valence-corrected chi connectivity index (χ2v) is 4.44. The predicted octanol–water partition coefficient (Wildman–Crippen LogP) is 3.24. The Labute approximate surface area is 118 Å². The largest absolute Gasteiger partial charge is 0.461 e. The van der Waals surface area contributed by atoms with Crippen LogP contribution < -0.4 is 4.90 Å². The van der Waals surface area contributed by atoms with E-state index < -0.39 is 11.6 Å². The highest BCUT2D eigenvalue weighted by Gasteiger charge is 2.13. The summed E-state index contributed by atoms with van der Waals surface area (Å²) in [5.74, 6) is -0.603. The number of anilines is 1. The van der Waals surface area contributed by atoms with E-state index in [0.717, 1.165) is 12.1 Å². The standard InChI is InChI=1S/C14H11F2N3O2/c1-19(9-4-5-10(15)11(16)7-9)8-13-17-14(18-21-13)12-3-2-6-20-12/h2-7H,8H2,1H3. The molecule has 0 bridgehead atoms. The Morgan fingerprint density at radius 3 is 2.76 bits per heavy atom. The zero-order valence-electron chi connectivity index (χ0n) is 11.1. The van der Waals surface area contributed by atoms with Gasteiger partial charge in [-0.2, -0.15) is 4.98 Å². The molecule has 2 heterocycles. The van der Waals surface area contributed by atoms with Crippen molar-refractivity contribution in [2.24, 2.45) is 0 Å². The molecule has 0 amide bonds. The van der Waals surface area contributed by atoms with Crippen LogP contribution in [0.3, 0.4) is 0 Å². The molecule has 5 nitrogen and oxygen atoms in total. The molecule has 7 heteroatoms. The van der Waals surface area contributed by atoms with E-state index in [1.807, 2.05) is 0 Å². The summed E-state index contributed by atoms with van der Waals surface area (Å²) in [6, 6.07) is 7.09. The third-order valence-corrected chi connectivity index (χ3v) is 2.93. The van der Waals surface area contributed by atoms with Crippen molar-refractivity contribution in [2.45, 2.75) is 6.54 Å². The van der Waals surface area contributed by atoms with Crippen LogP contribution in [0.4, 0.5) is 14.5 Å². The normalized spacial score (nSPS) is 10.8. The molecule has 0 aliphatic rings. The molecule has 0 radical (unpaired) electrons. The molecule has 108 valence electrons. The molecule has 0 aliphatic heterocycles. The molecule has 1 aromatic carbocycles. The third-order valence-electron chi connectivity index (χ3n) is 2.93. The summed E-state index contributed by atoms with van der Waals surface area (Å²) in [6.07, 6.45) is 1.51. The maximum atomic E-state index is 13.2. The lowest BCUT2D eigenvalue weighted by molar-refractivity contribution is 0.377. The van der Waals surface area contributed by atoms with E-state index in [1.54, 1.807) is 24.1 Å². The van der Waals surface area contributed by atoms with Crippen LogP contribution in [-0.2, 0) is 6.54 Å². The minimum atomic E-state index is -0.902. The molecule has 0 saturated heterocycles. The van der Waals surface area contributed by atoms with Gasteiger partial charge in [-0.15, -0.1) is 0 Å². The van der Waals surface area contributed by atoms with E-state index >= 15 is 0 Å². The first-order chi connectivity index (χ1) is 10.1. The topological polar surface area (TPSA) is 55.3 Å². The van der Waals surface area contributed by atoms with E-state index in [-0.39, 0.29) is 6.54 Å². The summed E-state index contributed by atoms with van der Waals surface area (Å²) >= 11 is 0. The quantitative estimate of drug-likeness (QED) is 0.738. The van der Waals surface area contributed by atoms with Crippen molar-refractivity contribution in [1.82, 2.24) is 10.1 Å². The molecule has 0 N–H and O–H groups in total. The zero-order valence-corrected chi connectivity index (χ0v) is 11.1. The molecule has 0 fully saturated rings. The lowest BCUT2D eigenvalue weighted by Gasteiger charge is -2.16. The van der Waals surface area contributed by atoms with Gasteiger partial charge < -0.3 is 13.8 Å². The first-order valence-electron chi connectivity index (χ1n) is 6.16. The maximum Gasteiger partial charge on any atom is 0.246 e. The minimum absolute atomic E-state index is 0.263. The summed E-state index contributed by atoms with van der Waals surface area (Å²) in [5.41, 5.74) is 0.506. The van der Waals surface area contributed by atoms with E-state index in [4.69, 9.17) is 8.94 Å². The van der Waals surface area contributed by atoms with Crippen LogP contribution in [0, 0.1) is 11.6 Å². The molecular formula is C14H11F2N3O2. The number of aromatic nitrogens is 2. The van der Waals surface area contributed by atoms with Crippen molar-refractivity contribution in [3.8, 4) is 11.6 Å². The highest BCUT2D eigenvalue weighted by Crippen LogP contribution is 2.20. The second-order valence-electron chi connectivity index (χ2n) is 4.44. The van der Waals surface area contributed by atoms with Crippen LogP contribution in [-0.4, -0.2) is 17.2 Å². The number of rotatable bonds is 4. The minimum Gasteiger partial charge on any atom is -0.461 e. The SMILES string of the molecule is CN(Cc1nc(-c2ccco2)no1)c1ccc(F)c(F)c1. The van der Waals surface area contributed by atoms with Gasteiger partial charge in [-0.3, -0.25) is 0 Å². The predicted molar refractivity (Wildman–Crippen MR) is 70.5 cm³/mol. The Hall–Kier alpha value is -2.70. The number of hydrogen-bond donors (Lipinski definition) is 0. The Bertz CT molecular complexity index is 741. The molecule has 0 aliphatic carbocycles. The summed E-state index contributed by atoms with van der Waals surface area (Å²) in [5, 5.41) is 3.80. The average molecular weight is 291 g/mol. The Morgan fingerprint density at radius 2 is 2.05 bits per heavy atom. The van der Waals surface area contributed by atoms with Gasteiger partial charge >= 0.3 is 0 Å². The fourth-order valence-corrected chi connectivity index (χ4v) is 1.84. The summed E-state index contributed by atoms with van der Waals surface area (Å²) < 4.78 is 36.4. The maximum absolute atomic E-state index is 13.2. The summed E-state index contributed by atoms with van der Waals surface area (Å²) in [7, 11) is 1.71. The van der Waals surface area contributed by atoms with Gasteiger partial charge in [-0.25, -0.2) is 8.78 Å². The molecule has 2 aromatic heterocycles. The van der Waals surface area contributed by atoms with E-state index in [0.29, 0.717) is 23.2 Å². The smallest absolute Gasteiger partial charge is 0.246 e. The lowest BCUT2D eigenvalue weighted by Crippen LogP contribution is -2.16. The van der Waals surface area contributed by atoms with Gasteiger partial charge in [0.2, 0.25) is 11.7 Å². The average Bonchev–Trinajstić information content (AvgIpc) is 3.12. The van der Waals surface area contributed by atoms with Crippen molar-refractivity contribution in [3.63, 3.8) is 0 Å². The van der Waals surface area contributed by atoms with Crippen LogP contribution in [0.25, 0.3) is 11.6 Å². The molecule has 3 rings (SSSR count). The van der Waals surface area contributed by atoms with Crippen molar-refractivity contribution in [1.29, 1.82) is 0 Å². The van der Waals surface area contributed by atoms with Crippen LogP contribution in [0.5, 0.6) is 0 Å². The highest BCUT2D eigenvalue weighted by molar-refractivity contribution is 5.47. The molecule has 21 heavy (non-hydrogen) atoms. The van der Waals surface area contributed by atoms with Crippen LogP contribution in [0.15, 0.2) is 45.5 Å². The van der Waals surface area contributed by atoms with E-state index in [2.05, 4.69) is 10.1 Å². The number of hydrogen-bond acceptors (Lipinski definition) is 5. The number of nitrogens with zero attached hydrogens (tertiary/aromatic N) is 3. The fraction of sp³-hybridized carbons (Fsp3) is 0.143. The van der Waals surface area contributed by atoms with Gasteiger partial charge in [0.05, 0.1) is 12.8 Å². The molecule has 0 unspecified atom stereocenters. The first-order valence-corrected chi connectivity index (χ1v) is 6.16. The van der Waals surface area contributed by atoms with Gasteiger partial charge in [0, 0.05) is 18.8 Å². The molecule has 3 aromatic rings. The molecule has 0 spiro atoms. The van der Waals surface area contributed by atoms with Gasteiger partial charge in [-0.05, 0) is 24.3 Å². The number of halogens is 2. The van der Waals surface area contributed by atoms with Crippen molar-refractivity contribution < 1.29 is 17.7 Å². The summed E-state index contributed by atoms with van der Waals surface area (Å²) in [4.78, 5) is 5.85. The molecular weight excluding hydrogens is 280 g/mol. The highest BCUT2D eigenvalue weighted by atomic mass is 19.2. The number of benzene rings is 1. The van der Waals surface area contributed by atoms with Crippen molar-refractivity contribution in [2.75, 3.05) is 11.9 Å². The summed E-state index contributed by atoms with van der Waals surface area (Å²) in [6.45, 7) is 0.263. The molecule has 0 atom stereocenters. The Kier molecular flexibility index (Phi) is 3.39. The van der Waals surface area contributed by atoms with Crippen molar-refractivity contribution >= 4 is 5.69 Å². The zero-order chi connectivity index (χ0) is 14.8. The Morgan fingerprint density at radius 1 is 1.19 bits per heavy atom. The second kappa shape index (κ2) is 5.35. The van der Waals surface area contributed by atoms with Gasteiger partial charge in [0.25, 0.3) is 0 Å².